The van der Waals surface area contributed by atoms with Gasteiger partial charge in [0.05, 0.1) is 5.52 Å². The molecule has 0 N–H and O–H groups in total. The summed E-state index contributed by atoms with van der Waals surface area (Å²) in [4.78, 5) is 13.4. The molecule has 4 rings (SSSR count). The number of imidazole rings is 1. The average Bonchev–Trinajstić information content (AvgIpc) is 2.97. The maximum atomic E-state index is 4.81. The summed E-state index contributed by atoms with van der Waals surface area (Å²) >= 11 is 3.58. The molecular formula is C17H11BrN4. The molecule has 0 aliphatic rings. The third-order valence-electron chi connectivity index (χ3n) is 3.45. The summed E-state index contributed by atoms with van der Waals surface area (Å²) in [5.41, 5.74) is 2.93. The van der Waals surface area contributed by atoms with E-state index in [1.807, 2.05) is 48.5 Å². The van der Waals surface area contributed by atoms with Crippen LogP contribution >= 0.6 is 15.9 Å². The molecule has 0 saturated heterocycles. The van der Waals surface area contributed by atoms with Gasteiger partial charge < -0.3 is 0 Å². The molecule has 0 fully saturated rings. The van der Waals surface area contributed by atoms with E-state index < -0.39 is 0 Å². The lowest BCUT2D eigenvalue weighted by Crippen LogP contribution is -1.99. The van der Waals surface area contributed by atoms with Crippen LogP contribution < -0.4 is 0 Å². The number of halogens is 1. The fourth-order valence-corrected chi connectivity index (χ4v) is 2.92. The van der Waals surface area contributed by atoms with E-state index >= 15 is 0 Å². The standard InChI is InChI=1S/C17H11BrN4/c18-13-4-3-5-14-16(13)21-17(12-7-10-19-11-8-12)22(14)15-6-1-2-9-20-15/h1-11H. The number of hydrogen-bond donors (Lipinski definition) is 0. The van der Waals surface area contributed by atoms with Crippen molar-refractivity contribution >= 4 is 27.0 Å². The van der Waals surface area contributed by atoms with E-state index in [0.717, 1.165) is 32.7 Å². The molecular weight excluding hydrogens is 340 g/mol. The van der Waals surface area contributed by atoms with E-state index in [9.17, 15) is 0 Å². The zero-order chi connectivity index (χ0) is 14.9. The van der Waals surface area contributed by atoms with Crippen molar-refractivity contribution in [1.29, 1.82) is 0 Å². The second kappa shape index (κ2) is 5.35. The summed E-state index contributed by atoms with van der Waals surface area (Å²) in [6.45, 7) is 0. The minimum absolute atomic E-state index is 0.843. The van der Waals surface area contributed by atoms with Gasteiger partial charge >= 0.3 is 0 Å². The highest BCUT2D eigenvalue weighted by molar-refractivity contribution is 9.10. The minimum atomic E-state index is 0.843. The van der Waals surface area contributed by atoms with Crippen molar-refractivity contribution in [2.75, 3.05) is 0 Å². The Kier molecular flexibility index (Phi) is 3.20. The van der Waals surface area contributed by atoms with Crippen molar-refractivity contribution < 1.29 is 0 Å². The molecule has 0 aliphatic heterocycles. The Balaban J connectivity index is 2.10. The molecule has 4 nitrogen and oxygen atoms in total. The summed E-state index contributed by atoms with van der Waals surface area (Å²) in [6.07, 6.45) is 5.33. The highest BCUT2D eigenvalue weighted by atomic mass is 79.9. The second-order valence-electron chi connectivity index (χ2n) is 4.80. The first kappa shape index (κ1) is 13.2. The highest BCUT2D eigenvalue weighted by Crippen LogP contribution is 2.31. The molecule has 0 bridgehead atoms. The largest absolute Gasteiger partial charge is 0.276 e. The van der Waals surface area contributed by atoms with Gasteiger partial charge in [0.1, 0.15) is 17.2 Å². The van der Waals surface area contributed by atoms with E-state index in [-0.39, 0.29) is 0 Å². The summed E-state index contributed by atoms with van der Waals surface area (Å²) < 4.78 is 3.03. The van der Waals surface area contributed by atoms with Crippen LogP contribution in [0, 0.1) is 0 Å². The highest BCUT2D eigenvalue weighted by Gasteiger charge is 2.16. The van der Waals surface area contributed by atoms with Gasteiger partial charge in [-0.15, -0.1) is 0 Å². The number of hydrogen-bond acceptors (Lipinski definition) is 3. The number of fused-ring (bicyclic) bond motifs is 1. The number of pyridine rings is 2. The first-order chi connectivity index (χ1) is 10.8. The topological polar surface area (TPSA) is 43.6 Å². The number of para-hydroxylation sites is 1. The molecule has 22 heavy (non-hydrogen) atoms. The fourth-order valence-electron chi connectivity index (χ4n) is 2.48. The van der Waals surface area contributed by atoms with Crippen LogP contribution in [0.3, 0.4) is 0 Å². The van der Waals surface area contributed by atoms with E-state index in [1.165, 1.54) is 0 Å². The molecule has 0 aliphatic carbocycles. The van der Waals surface area contributed by atoms with Crippen molar-refractivity contribution in [2.45, 2.75) is 0 Å². The smallest absolute Gasteiger partial charge is 0.147 e. The lowest BCUT2D eigenvalue weighted by molar-refractivity contribution is 1.03. The van der Waals surface area contributed by atoms with Crippen molar-refractivity contribution in [3.05, 3.63) is 71.6 Å². The van der Waals surface area contributed by atoms with Crippen LogP contribution in [0.25, 0.3) is 28.2 Å². The summed E-state index contributed by atoms with van der Waals surface area (Å²) in [5.74, 6) is 1.69. The number of benzene rings is 1. The number of rotatable bonds is 2. The fraction of sp³-hybridized carbons (Fsp3) is 0. The molecule has 1 aromatic carbocycles. The van der Waals surface area contributed by atoms with Gasteiger partial charge in [-0.1, -0.05) is 12.1 Å². The molecule has 0 unspecified atom stereocenters. The summed E-state index contributed by atoms with van der Waals surface area (Å²) in [5, 5.41) is 0. The molecule has 0 atom stereocenters. The van der Waals surface area contributed by atoms with Crippen LogP contribution in [0.4, 0.5) is 0 Å². The van der Waals surface area contributed by atoms with Crippen LogP contribution in [0.2, 0.25) is 0 Å². The lowest BCUT2D eigenvalue weighted by atomic mass is 10.2. The molecule has 0 saturated carbocycles. The van der Waals surface area contributed by atoms with Crippen LogP contribution in [0.1, 0.15) is 0 Å². The quantitative estimate of drug-likeness (QED) is 0.542. The predicted octanol–water partition coefficient (Wildman–Crippen LogP) is 4.25. The van der Waals surface area contributed by atoms with Crippen LogP contribution in [-0.4, -0.2) is 19.5 Å². The lowest BCUT2D eigenvalue weighted by Gasteiger charge is -2.08. The first-order valence-corrected chi connectivity index (χ1v) is 7.62. The van der Waals surface area contributed by atoms with Crippen LogP contribution in [0.5, 0.6) is 0 Å². The Bertz CT molecular complexity index is 933. The second-order valence-corrected chi connectivity index (χ2v) is 5.66. The Labute approximate surface area is 135 Å². The maximum absolute atomic E-state index is 4.81. The van der Waals surface area contributed by atoms with Crippen LogP contribution in [0.15, 0.2) is 71.6 Å². The van der Waals surface area contributed by atoms with Gasteiger partial charge in [-0.05, 0) is 52.3 Å². The van der Waals surface area contributed by atoms with Gasteiger partial charge in [0.25, 0.3) is 0 Å². The van der Waals surface area contributed by atoms with Gasteiger partial charge in [-0.2, -0.15) is 0 Å². The van der Waals surface area contributed by atoms with Crippen molar-refractivity contribution in [3.63, 3.8) is 0 Å². The molecule has 0 spiro atoms. The Morgan fingerprint density at radius 1 is 0.864 bits per heavy atom. The van der Waals surface area contributed by atoms with Gasteiger partial charge in [0.2, 0.25) is 0 Å². The molecule has 0 amide bonds. The van der Waals surface area contributed by atoms with E-state index in [4.69, 9.17) is 4.98 Å². The Morgan fingerprint density at radius 2 is 1.73 bits per heavy atom. The summed E-state index contributed by atoms with van der Waals surface area (Å²) in [6, 6.07) is 15.8. The van der Waals surface area contributed by atoms with E-state index in [2.05, 4.69) is 30.5 Å². The zero-order valence-electron chi connectivity index (χ0n) is 11.5. The average molecular weight is 351 g/mol. The normalized spacial score (nSPS) is 11.0. The van der Waals surface area contributed by atoms with Crippen molar-refractivity contribution in [3.8, 4) is 17.2 Å². The van der Waals surface area contributed by atoms with Gasteiger partial charge in [-0.3, -0.25) is 9.55 Å². The molecule has 106 valence electrons. The third kappa shape index (κ3) is 2.10. The van der Waals surface area contributed by atoms with Crippen molar-refractivity contribution in [2.24, 2.45) is 0 Å². The Morgan fingerprint density at radius 3 is 2.50 bits per heavy atom. The van der Waals surface area contributed by atoms with E-state index in [1.54, 1.807) is 18.6 Å². The first-order valence-electron chi connectivity index (χ1n) is 6.83. The number of aromatic nitrogens is 4. The minimum Gasteiger partial charge on any atom is -0.276 e. The molecule has 3 heterocycles. The molecule has 3 aromatic heterocycles. The predicted molar refractivity (Wildman–Crippen MR) is 89.8 cm³/mol. The van der Waals surface area contributed by atoms with Gasteiger partial charge in [0, 0.05) is 28.6 Å². The molecule has 0 radical (unpaired) electrons. The maximum Gasteiger partial charge on any atom is 0.147 e. The van der Waals surface area contributed by atoms with E-state index in [0.29, 0.717) is 0 Å². The van der Waals surface area contributed by atoms with Gasteiger partial charge in [-0.25, -0.2) is 9.97 Å². The number of nitrogens with zero attached hydrogens (tertiary/aromatic N) is 4. The monoisotopic (exact) mass is 350 g/mol. The Hall–Kier alpha value is -2.53. The summed E-state index contributed by atoms with van der Waals surface area (Å²) in [7, 11) is 0. The van der Waals surface area contributed by atoms with Crippen LogP contribution in [-0.2, 0) is 0 Å². The van der Waals surface area contributed by atoms with Gasteiger partial charge in [0.15, 0.2) is 0 Å². The zero-order valence-corrected chi connectivity index (χ0v) is 13.1. The molecule has 5 heteroatoms. The SMILES string of the molecule is Brc1cccc2c1nc(-c1ccncc1)n2-c1ccccn1. The molecule has 4 aromatic rings. The third-order valence-corrected chi connectivity index (χ3v) is 4.09. The van der Waals surface area contributed by atoms with Crippen molar-refractivity contribution in [1.82, 2.24) is 19.5 Å².